The van der Waals surface area contributed by atoms with Crippen molar-refractivity contribution in [3.63, 3.8) is 0 Å². The maximum Gasteiger partial charge on any atom is -0.00943 e. The Bertz CT molecular complexity index is 1200. The van der Waals surface area contributed by atoms with E-state index in [0.717, 1.165) is 11.6 Å². The van der Waals surface area contributed by atoms with Gasteiger partial charge >= 0.3 is 0 Å². The average molecular weight is 523 g/mol. The summed E-state index contributed by atoms with van der Waals surface area (Å²) in [7, 11) is -0.868. The molecule has 0 aromatic heterocycles. The zero-order chi connectivity index (χ0) is 25.9. The first kappa shape index (κ1) is 26.4. The minimum Gasteiger partial charge on any atom is -0.0622 e. The molecule has 5 rings (SSSR count). The third-order valence-electron chi connectivity index (χ3n) is 7.93. The lowest BCUT2D eigenvalue weighted by Crippen LogP contribution is -2.33. The molecule has 2 heteroatoms. The molecule has 4 aromatic carbocycles. The lowest BCUT2D eigenvalue weighted by atomic mass is 10.0. The second-order valence-electron chi connectivity index (χ2n) is 11.0. The highest BCUT2D eigenvalue weighted by molar-refractivity contribution is 7.74. The van der Waals surface area contributed by atoms with Gasteiger partial charge in [-0.25, -0.2) is 0 Å². The predicted octanol–water partition coefficient (Wildman–Crippen LogP) is 8.04. The summed E-state index contributed by atoms with van der Waals surface area (Å²) in [6.45, 7) is 11.6. The molecule has 0 heterocycles. The minimum absolute atomic E-state index is 0.401. The van der Waals surface area contributed by atoms with Crippen LogP contribution in [0, 0.1) is 33.6 Å². The van der Waals surface area contributed by atoms with E-state index in [9.17, 15) is 0 Å². The summed E-state index contributed by atoms with van der Waals surface area (Å²) in [5.74, 6) is 0.722. The van der Waals surface area contributed by atoms with E-state index in [0.29, 0.717) is 5.66 Å². The smallest absolute Gasteiger partial charge is 0.00943 e. The molecule has 190 valence electrons. The van der Waals surface area contributed by atoms with Crippen molar-refractivity contribution in [1.29, 1.82) is 0 Å². The lowest BCUT2D eigenvalue weighted by molar-refractivity contribution is 0.548. The molecule has 4 aromatic rings. The van der Waals surface area contributed by atoms with Crippen LogP contribution >= 0.6 is 15.8 Å². The fourth-order valence-corrected chi connectivity index (χ4v) is 13.3. The maximum absolute atomic E-state index is 2.59. The molecule has 0 spiro atoms. The molecule has 0 amide bonds. The molecule has 3 unspecified atom stereocenters. The van der Waals surface area contributed by atoms with Crippen LogP contribution in [0.1, 0.15) is 48.4 Å². The van der Waals surface area contributed by atoms with E-state index < -0.39 is 15.8 Å². The van der Waals surface area contributed by atoms with Crippen molar-refractivity contribution < 1.29 is 0 Å². The first-order chi connectivity index (χ1) is 17.9. The summed E-state index contributed by atoms with van der Waals surface area (Å²) in [5, 5.41) is 6.18. The molecule has 3 atom stereocenters. The number of benzene rings is 4. The van der Waals surface area contributed by atoms with Crippen molar-refractivity contribution in [1.82, 2.24) is 0 Å². The van der Waals surface area contributed by atoms with Crippen LogP contribution < -0.4 is 21.2 Å². The normalized spacial score (nSPS) is 18.5. The van der Waals surface area contributed by atoms with Crippen LogP contribution in [0.4, 0.5) is 0 Å². The second-order valence-corrected chi connectivity index (χ2v) is 16.0. The molecule has 1 fully saturated rings. The second kappa shape index (κ2) is 11.6. The highest BCUT2D eigenvalue weighted by Crippen LogP contribution is 2.56. The van der Waals surface area contributed by atoms with E-state index >= 15 is 0 Å². The molecular weight excluding hydrogens is 482 g/mol. The minimum atomic E-state index is -0.467. The Balaban J connectivity index is 1.60. The first-order valence-electron chi connectivity index (χ1n) is 13.8. The number of hydrogen-bond acceptors (Lipinski definition) is 0. The number of aryl methyl sites for hydroxylation is 4. The van der Waals surface area contributed by atoms with Crippen LogP contribution in [0.2, 0.25) is 0 Å². The zero-order valence-corrected chi connectivity index (χ0v) is 24.8. The largest absolute Gasteiger partial charge is 0.0622 e. The topological polar surface area (TPSA) is 0 Å². The Morgan fingerprint density at radius 1 is 0.568 bits per heavy atom. The van der Waals surface area contributed by atoms with Crippen molar-refractivity contribution in [2.24, 2.45) is 5.92 Å². The molecule has 1 aliphatic carbocycles. The van der Waals surface area contributed by atoms with E-state index in [2.05, 4.69) is 132 Å². The van der Waals surface area contributed by atoms with Gasteiger partial charge in [-0.3, -0.25) is 0 Å². The summed E-state index contributed by atoms with van der Waals surface area (Å²) in [5.41, 5.74) is 6.89. The molecule has 0 N–H and O–H groups in total. The molecule has 37 heavy (non-hydrogen) atoms. The molecule has 0 saturated heterocycles. The van der Waals surface area contributed by atoms with Gasteiger partial charge in [-0.2, -0.15) is 0 Å². The van der Waals surface area contributed by atoms with Crippen molar-refractivity contribution in [2.45, 2.75) is 65.2 Å². The quantitative estimate of drug-likeness (QED) is 0.216. The van der Waals surface area contributed by atoms with Gasteiger partial charge in [-0.05, 0) is 94.8 Å². The van der Waals surface area contributed by atoms with E-state index in [4.69, 9.17) is 0 Å². The third-order valence-corrected chi connectivity index (χ3v) is 13.8. The van der Waals surface area contributed by atoms with Crippen molar-refractivity contribution in [2.75, 3.05) is 0 Å². The van der Waals surface area contributed by atoms with Crippen LogP contribution in [0.25, 0.3) is 0 Å². The fraction of sp³-hybridized carbons (Fsp3) is 0.314. The highest BCUT2D eigenvalue weighted by Gasteiger charge is 2.41. The van der Waals surface area contributed by atoms with Gasteiger partial charge in [0.15, 0.2) is 0 Å². The summed E-state index contributed by atoms with van der Waals surface area (Å²) >= 11 is 0. The summed E-state index contributed by atoms with van der Waals surface area (Å²) < 4.78 is 0. The number of rotatable bonds is 7. The van der Waals surface area contributed by atoms with E-state index in [-0.39, 0.29) is 0 Å². The van der Waals surface area contributed by atoms with Crippen LogP contribution in [0.15, 0.2) is 97.1 Å². The Kier molecular flexibility index (Phi) is 8.29. The average Bonchev–Trinajstić information content (AvgIpc) is 3.34. The molecule has 1 saturated carbocycles. The van der Waals surface area contributed by atoms with Gasteiger partial charge in [0.1, 0.15) is 0 Å². The Morgan fingerprint density at radius 2 is 1.00 bits per heavy atom. The van der Waals surface area contributed by atoms with Gasteiger partial charge < -0.3 is 0 Å². The van der Waals surface area contributed by atoms with Crippen molar-refractivity contribution >= 4 is 37.1 Å². The number of hydrogen-bond donors (Lipinski definition) is 0. The van der Waals surface area contributed by atoms with Gasteiger partial charge in [0.2, 0.25) is 0 Å². The van der Waals surface area contributed by atoms with Gasteiger partial charge in [-0.15, -0.1) is 0 Å². The summed E-state index contributed by atoms with van der Waals surface area (Å²) in [6, 6.07) is 37.4. The molecule has 0 bridgehead atoms. The summed E-state index contributed by atoms with van der Waals surface area (Å²) in [6.07, 6.45) is 4.03. The third kappa shape index (κ3) is 5.93. The Morgan fingerprint density at radius 3 is 1.43 bits per heavy atom. The Labute approximate surface area is 227 Å². The predicted molar refractivity (Wildman–Crippen MR) is 168 cm³/mol. The van der Waals surface area contributed by atoms with Gasteiger partial charge in [0.05, 0.1) is 0 Å². The van der Waals surface area contributed by atoms with E-state index in [1.807, 2.05) is 0 Å². The fourth-order valence-electron chi connectivity index (χ4n) is 6.55. The van der Waals surface area contributed by atoms with E-state index in [1.165, 1.54) is 52.1 Å². The van der Waals surface area contributed by atoms with Gasteiger partial charge in [-0.1, -0.05) is 133 Å². The van der Waals surface area contributed by atoms with Crippen LogP contribution in [-0.2, 0) is 0 Å². The SMILES string of the molecule is Cc1cc(C)cc(P(c2cc(C)cc(C)c2)C(C)C2CCCC2P(c2ccccc2)c2ccccc2)c1. The first-order valence-corrected chi connectivity index (χ1v) is 16.6. The molecule has 1 aliphatic rings. The van der Waals surface area contributed by atoms with Crippen molar-refractivity contribution in [3.8, 4) is 0 Å². The standard InChI is InChI=1S/C35H40P2/c1-25-19-26(2)22-32(21-25)36(33-23-27(3)20-28(4)24-33)29(5)34-17-12-18-35(34)37(30-13-8-6-9-14-30)31-15-10-7-11-16-31/h6-11,13-16,19-24,29,34-35H,12,17-18H2,1-5H3. The maximum atomic E-state index is 2.59. The van der Waals surface area contributed by atoms with Gasteiger partial charge in [0, 0.05) is 0 Å². The van der Waals surface area contributed by atoms with Crippen LogP contribution in [-0.4, -0.2) is 11.3 Å². The van der Waals surface area contributed by atoms with Crippen LogP contribution in [0.3, 0.4) is 0 Å². The molecule has 0 aliphatic heterocycles. The van der Waals surface area contributed by atoms with Crippen molar-refractivity contribution in [3.05, 3.63) is 119 Å². The summed E-state index contributed by atoms with van der Waals surface area (Å²) in [4.78, 5) is 0. The molecule has 0 nitrogen and oxygen atoms in total. The Hall–Kier alpha value is -2.26. The monoisotopic (exact) mass is 522 g/mol. The highest BCUT2D eigenvalue weighted by atomic mass is 31.1. The molecular formula is C35H40P2. The van der Waals surface area contributed by atoms with Crippen LogP contribution in [0.5, 0.6) is 0 Å². The molecule has 0 radical (unpaired) electrons. The van der Waals surface area contributed by atoms with Gasteiger partial charge in [0.25, 0.3) is 0 Å². The lowest BCUT2D eigenvalue weighted by Gasteiger charge is -2.37. The van der Waals surface area contributed by atoms with E-state index in [1.54, 1.807) is 10.6 Å². The zero-order valence-electron chi connectivity index (χ0n) is 23.0.